The predicted octanol–water partition coefficient (Wildman–Crippen LogP) is 2.31. The number of sulfonamides is 1. The predicted molar refractivity (Wildman–Crippen MR) is 66.6 cm³/mol. The second-order valence-electron chi connectivity index (χ2n) is 3.47. The fourth-order valence-corrected chi connectivity index (χ4v) is 3.19. The number of nitrogens with one attached hydrogen (secondary N) is 1. The van der Waals surface area contributed by atoms with Crippen LogP contribution in [-0.2, 0) is 10.0 Å². The first-order chi connectivity index (χ1) is 7.49. The Morgan fingerprint density at radius 3 is 2.50 bits per heavy atom. The average molecular weight is 307 g/mol. The van der Waals surface area contributed by atoms with E-state index in [1.165, 1.54) is 12.3 Å². The maximum atomic E-state index is 11.9. The lowest BCUT2D eigenvalue weighted by Crippen LogP contribution is -2.33. The van der Waals surface area contributed by atoms with Gasteiger partial charge < -0.3 is 0 Å². The molecule has 0 unspecified atom stereocenters. The second-order valence-corrected chi connectivity index (χ2v) is 6.10. The molecule has 0 atom stereocenters. The van der Waals surface area contributed by atoms with E-state index < -0.39 is 10.0 Å². The second kappa shape index (κ2) is 5.75. The summed E-state index contributed by atoms with van der Waals surface area (Å²) < 4.78 is 27.2. The first kappa shape index (κ1) is 13.6. The van der Waals surface area contributed by atoms with Crippen molar-refractivity contribution >= 4 is 26.0 Å². The van der Waals surface area contributed by atoms with Crippen LogP contribution in [0.2, 0.25) is 0 Å². The Labute approximate surface area is 105 Å². The van der Waals surface area contributed by atoms with E-state index in [-0.39, 0.29) is 10.9 Å². The van der Waals surface area contributed by atoms with Crippen molar-refractivity contribution in [1.29, 1.82) is 0 Å². The van der Waals surface area contributed by atoms with Crippen molar-refractivity contribution in [2.75, 3.05) is 0 Å². The molecule has 1 rings (SSSR count). The van der Waals surface area contributed by atoms with Crippen LogP contribution in [0.1, 0.15) is 26.7 Å². The number of pyridine rings is 1. The van der Waals surface area contributed by atoms with Crippen LogP contribution in [0.25, 0.3) is 0 Å². The molecule has 6 heteroatoms. The quantitative estimate of drug-likeness (QED) is 0.908. The highest BCUT2D eigenvalue weighted by Crippen LogP contribution is 2.15. The van der Waals surface area contributed by atoms with Crippen molar-refractivity contribution in [1.82, 2.24) is 9.71 Å². The molecule has 1 N–H and O–H groups in total. The van der Waals surface area contributed by atoms with Crippen LogP contribution in [0.15, 0.2) is 27.8 Å². The van der Waals surface area contributed by atoms with Crippen molar-refractivity contribution < 1.29 is 8.42 Å². The van der Waals surface area contributed by atoms with E-state index >= 15 is 0 Å². The van der Waals surface area contributed by atoms with Gasteiger partial charge in [0.2, 0.25) is 10.0 Å². The topological polar surface area (TPSA) is 59.1 Å². The summed E-state index contributed by atoms with van der Waals surface area (Å²) in [5, 5.41) is 0. The number of nitrogens with zero attached hydrogens (tertiary/aromatic N) is 1. The van der Waals surface area contributed by atoms with Crippen LogP contribution in [0.5, 0.6) is 0 Å². The van der Waals surface area contributed by atoms with Gasteiger partial charge in [-0.1, -0.05) is 13.8 Å². The van der Waals surface area contributed by atoms with Crippen LogP contribution in [0.3, 0.4) is 0 Å². The van der Waals surface area contributed by atoms with E-state index in [1.54, 1.807) is 6.20 Å². The number of aromatic nitrogens is 1. The Bertz CT molecular complexity index is 444. The summed E-state index contributed by atoms with van der Waals surface area (Å²) >= 11 is 3.20. The normalized spacial score (nSPS) is 12.0. The number of hydrogen-bond donors (Lipinski definition) is 1. The van der Waals surface area contributed by atoms with Gasteiger partial charge in [0.05, 0.1) is 0 Å². The highest BCUT2D eigenvalue weighted by Gasteiger charge is 2.18. The minimum atomic E-state index is -3.45. The van der Waals surface area contributed by atoms with E-state index in [0.717, 1.165) is 12.8 Å². The first-order valence-electron chi connectivity index (χ1n) is 5.12. The van der Waals surface area contributed by atoms with Crippen molar-refractivity contribution in [3.8, 4) is 0 Å². The van der Waals surface area contributed by atoms with Crippen molar-refractivity contribution in [2.24, 2.45) is 0 Å². The molecule has 4 nitrogen and oxygen atoms in total. The van der Waals surface area contributed by atoms with Crippen molar-refractivity contribution in [3.63, 3.8) is 0 Å². The molecule has 0 spiro atoms. The van der Waals surface area contributed by atoms with Gasteiger partial charge in [-0.25, -0.2) is 13.1 Å². The summed E-state index contributed by atoms with van der Waals surface area (Å²) in [7, 11) is -3.45. The molecule has 0 saturated carbocycles. The fraction of sp³-hybridized carbons (Fsp3) is 0.500. The summed E-state index contributed by atoms with van der Waals surface area (Å²) in [6, 6.07) is 1.52. The molecule has 0 bridgehead atoms. The van der Waals surface area contributed by atoms with Gasteiger partial charge in [-0.2, -0.15) is 0 Å². The molecule has 0 fully saturated rings. The lowest BCUT2D eigenvalue weighted by Gasteiger charge is -2.14. The minimum Gasteiger partial charge on any atom is -0.262 e. The Morgan fingerprint density at radius 2 is 2.00 bits per heavy atom. The van der Waals surface area contributed by atoms with Crippen molar-refractivity contribution in [3.05, 3.63) is 22.9 Å². The molecule has 1 heterocycles. The van der Waals surface area contributed by atoms with Gasteiger partial charge in [0, 0.05) is 22.9 Å². The van der Waals surface area contributed by atoms with Crippen LogP contribution in [0, 0.1) is 0 Å². The summed E-state index contributed by atoms with van der Waals surface area (Å²) in [6.45, 7) is 3.91. The molecule has 1 aromatic heterocycles. The van der Waals surface area contributed by atoms with Crippen molar-refractivity contribution in [2.45, 2.75) is 37.6 Å². The Morgan fingerprint density at radius 1 is 1.38 bits per heavy atom. The van der Waals surface area contributed by atoms with E-state index in [9.17, 15) is 8.42 Å². The molecule has 0 aromatic carbocycles. The van der Waals surface area contributed by atoms with E-state index in [4.69, 9.17) is 0 Å². The minimum absolute atomic E-state index is 0.0241. The Kier molecular flexibility index (Phi) is 4.89. The summed E-state index contributed by atoms with van der Waals surface area (Å²) in [4.78, 5) is 4.03. The van der Waals surface area contributed by atoms with Gasteiger partial charge in [-0.3, -0.25) is 4.98 Å². The Balaban J connectivity index is 2.94. The van der Waals surface area contributed by atoms with Crippen LogP contribution >= 0.6 is 15.9 Å². The molecule has 90 valence electrons. The molecular formula is C10H15BrN2O2S. The summed E-state index contributed by atoms with van der Waals surface area (Å²) in [5.74, 6) is 0. The van der Waals surface area contributed by atoms with Gasteiger partial charge in [-0.15, -0.1) is 0 Å². The monoisotopic (exact) mass is 306 g/mol. The third-order valence-electron chi connectivity index (χ3n) is 2.30. The number of hydrogen-bond acceptors (Lipinski definition) is 3. The van der Waals surface area contributed by atoms with E-state index in [2.05, 4.69) is 25.6 Å². The van der Waals surface area contributed by atoms with Crippen LogP contribution in [0.4, 0.5) is 0 Å². The molecular weight excluding hydrogens is 292 g/mol. The van der Waals surface area contributed by atoms with Gasteiger partial charge in [-0.05, 0) is 34.8 Å². The van der Waals surface area contributed by atoms with Gasteiger partial charge in [0.15, 0.2) is 0 Å². The van der Waals surface area contributed by atoms with E-state index in [0.29, 0.717) is 4.47 Å². The van der Waals surface area contributed by atoms with Gasteiger partial charge >= 0.3 is 0 Å². The molecule has 0 amide bonds. The molecule has 0 saturated heterocycles. The van der Waals surface area contributed by atoms with E-state index in [1.807, 2.05) is 13.8 Å². The van der Waals surface area contributed by atoms with Gasteiger partial charge in [0.1, 0.15) is 4.90 Å². The lowest BCUT2D eigenvalue weighted by molar-refractivity contribution is 0.530. The molecule has 16 heavy (non-hydrogen) atoms. The number of rotatable bonds is 5. The zero-order valence-corrected chi connectivity index (χ0v) is 11.7. The molecule has 0 aliphatic rings. The lowest BCUT2D eigenvalue weighted by atomic mass is 10.2. The van der Waals surface area contributed by atoms with Crippen LogP contribution < -0.4 is 4.72 Å². The molecule has 0 aliphatic heterocycles. The largest absolute Gasteiger partial charge is 0.262 e. The summed E-state index contributed by atoms with van der Waals surface area (Å²) in [5.41, 5.74) is 0. The molecule has 0 radical (unpaired) electrons. The molecule has 0 aliphatic carbocycles. The first-order valence-corrected chi connectivity index (χ1v) is 7.40. The highest BCUT2D eigenvalue weighted by molar-refractivity contribution is 9.10. The SMILES string of the molecule is CCC(CC)NS(=O)(=O)c1cncc(Br)c1. The number of halogens is 1. The fourth-order valence-electron chi connectivity index (χ4n) is 1.28. The third kappa shape index (κ3) is 3.54. The highest BCUT2D eigenvalue weighted by atomic mass is 79.9. The maximum absolute atomic E-state index is 11.9. The maximum Gasteiger partial charge on any atom is 0.242 e. The zero-order valence-electron chi connectivity index (χ0n) is 9.27. The third-order valence-corrected chi connectivity index (χ3v) is 4.22. The Hall–Kier alpha value is -0.460. The smallest absolute Gasteiger partial charge is 0.242 e. The summed E-state index contributed by atoms with van der Waals surface area (Å²) in [6.07, 6.45) is 4.44. The zero-order chi connectivity index (χ0) is 12.2. The van der Waals surface area contributed by atoms with Crippen LogP contribution in [-0.4, -0.2) is 19.4 Å². The average Bonchev–Trinajstić information content (AvgIpc) is 2.26. The molecule has 1 aromatic rings. The van der Waals surface area contributed by atoms with Gasteiger partial charge in [0.25, 0.3) is 0 Å². The standard InChI is InChI=1S/C10H15BrN2O2S/c1-3-9(4-2)13-16(14,15)10-5-8(11)6-12-7-10/h5-7,9,13H,3-4H2,1-2H3.